The van der Waals surface area contributed by atoms with Gasteiger partial charge in [-0.1, -0.05) is 30.3 Å². The molecule has 0 bridgehead atoms. The lowest BCUT2D eigenvalue weighted by Gasteiger charge is -2.22. The van der Waals surface area contributed by atoms with Crippen molar-refractivity contribution in [3.05, 3.63) is 56.7 Å². The van der Waals surface area contributed by atoms with E-state index in [0.717, 1.165) is 14.9 Å². The Morgan fingerprint density at radius 3 is 2.65 bits per heavy atom. The number of nitrogens with two attached hydrogens (primary N) is 1. The van der Waals surface area contributed by atoms with Crippen molar-refractivity contribution in [3.63, 3.8) is 0 Å². The Labute approximate surface area is 131 Å². The number of benzene rings is 1. The molecule has 0 fully saturated rings. The number of thiophene rings is 1. The Kier molecular flexibility index (Phi) is 5.34. The molecule has 1 aromatic heterocycles. The van der Waals surface area contributed by atoms with E-state index in [1.165, 1.54) is 0 Å². The molecule has 0 aliphatic carbocycles. The molecule has 2 aromatic rings. The van der Waals surface area contributed by atoms with Gasteiger partial charge in [0.15, 0.2) is 0 Å². The number of halogens is 1. The minimum Gasteiger partial charge on any atom is -0.340 e. The molecule has 0 saturated carbocycles. The summed E-state index contributed by atoms with van der Waals surface area (Å²) in [5.74, 6) is -0.215. The first-order chi connectivity index (χ1) is 9.61. The minimum absolute atomic E-state index is 0.0585. The number of hydrogen-bond acceptors (Lipinski definition) is 3. The van der Waals surface area contributed by atoms with Gasteiger partial charge in [-0.3, -0.25) is 4.79 Å². The zero-order chi connectivity index (χ0) is 14.5. The number of carbonyl (C=O) groups is 1. The van der Waals surface area contributed by atoms with E-state index >= 15 is 0 Å². The molecular formula is C15H17BrN2OS. The normalized spacial score (nSPS) is 12.2. The van der Waals surface area contributed by atoms with Crippen LogP contribution in [0.1, 0.15) is 16.4 Å². The quantitative estimate of drug-likeness (QED) is 0.897. The van der Waals surface area contributed by atoms with Gasteiger partial charge in [-0.2, -0.15) is 0 Å². The van der Waals surface area contributed by atoms with E-state index in [1.54, 1.807) is 16.2 Å². The Balaban J connectivity index is 2.08. The van der Waals surface area contributed by atoms with Crippen LogP contribution >= 0.6 is 27.3 Å². The van der Waals surface area contributed by atoms with Crippen LogP contribution < -0.4 is 5.73 Å². The summed E-state index contributed by atoms with van der Waals surface area (Å²) in [6.07, 6.45) is 0. The highest BCUT2D eigenvalue weighted by atomic mass is 79.9. The van der Waals surface area contributed by atoms with E-state index in [4.69, 9.17) is 5.73 Å². The second kappa shape index (κ2) is 7.02. The molecule has 0 saturated heterocycles. The maximum Gasteiger partial charge on any atom is 0.231 e. The summed E-state index contributed by atoms with van der Waals surface area (Å²) in [7, 11) is 1.82. The molecule has 1 unspecified atom stereocenters. The van der Waals surface area contributed by atoms with Gasteiger partial charge in [0.2, 0.25) is 5.91 Å². The first kappa shape index (κ1) is 15.2. The molecule has 3 nitrogen and oxygen atoms in total. The molecule has 106 valence electrons. The molecule has 5 heteroatoms. The van der Waals surface area contributed by atoms with Crippen LogP contribution in [-0.2, 0) is 11.3 Å². The largest absolute Gasteiger partial charge is 0.340 e. The number of carbonyl (C=O) groups excluding carboxylic acids is 1. The Bertz CT molecular complexity index is 570. The Morgan fingerprint density at radius 1 is 1.40 bits per heavy atom. The molecule has 2 N–H and O–H groups in total. The molecule has 1 aromatic carbocycles. The number of rotatable bonds is 5. The smallest absolute Gasteiger partial charge is 0.231 e. The highest BCUT2D eigenvalue weighted by Crippen LogP contribution is 2.23. The molecular weight excluding hydrogens is 336 g/mol. The molecule has 1 heterocycles. The maximum atomic E-state index is 12.5. The highest BCUT2D eigenvalue weighted by Gasteiger charge is 2.22. The van der Waals surface area contributed by atoms with Crippen molar-refractivity contribution >= 4 is 33.2 Å². The molecule has 0 aliphatic rings. The van der Waals surface area contributed by atoms with Crippen LogP contribution in [0.3, 0.4) is 0 Å². The number of amides is 1. The average molecular weight is 353 g/mol. The zero-order valence-corrected chi connectivity index (χ0v) is 13.7. The maximum absolute atomic E-state index is 12.5. The topological polar surface area (TPSA) is 46.3 Å². The third kappa shape index (κ3) is 3.69. The molecule has 1 atom stereocenters. The van der Waals surface area contributed by atoms with E-state index in [-0.39, 0.29) is 11.8 Å². The van der Waals surface area contributed by atoms with Crippen molar-refractivity contribution in [1.29, 1.82) is 0 Å². The fraction of sp³-hybridized carbons (Fsp3) is 0.267. The van der Waals surface area contributed by atoms with Gasteiger partial charge in [-0.05, 0) is 27.6 Å². The van der Waals surface area contributed by atoms with Gasteiger partial charge < -0.3 is 10.6 Å². The lowest BCUT2D eigenvalue weighted by molar-refractivity contribution is -0.131. The second-order valence-corrected chi connectivity index (χ2v) is 6.54. The summed E-state index contributed by atoms with van der Waals surface area (Å²) in [5.41, 5.74) is 6.76. The molecule has 0 radical (unpaired) electrons. The van der Waals surface area contributed by atoms with Crippen LogP contribution in [0.4, 0.5) is 0 Å². The van der Waals surface area contributed by atoms with Crippen molar-refractivity contribution in [2.75, 3.05) is 13.6 Å². The van der Waals surface area contributed by atoms with Crippen molar-refractivity contribution in [2.24, 2.45) is 5.73 Å². The van der Waals surface area contributed by atoms with Gasteiger partial charge in [-0.15, -0.1) is 11.3 Å². The van der Waals surface area contributed by atoms with Crippen LogP contribution in [0.15, 0.2) is 46.3 Å². The standard InChI is InChI=1S/C15H17BrN2OS/c1-18(9-13-7-12(16)10-20-13)15(19)14(8-17)11-5-3-2-4-6-11/h2-7,10,14H,8-9,17H2,1H3. The van der Waals surface area contributed by atoms with Crippen LogP contribution in [-0.4, -0.2) is 24.4 Å². The van der Waals surface area contributed by atoms with Gasteiger partial charge >= 0.3 is 0 Å². The van der Waals surface area contributed by atoms with Crippen LogP contribution in [0.5, 0.6) is 0 Å². The Hall–Kier alpha value is -1.17. The van der Waals surface area contributed by atoms with Crippen LogP contribution in [0.25, 0.3) is 0 Å². The molecule has 2 rings (SSSR count). The number of hydrogen-bond donors (Lipinski definition) is 1. The summed E-state index contributed by atoms with van der Waals surface area (Å²) < 4.78 is 1.05. The number of likely N-dealkylation sites (N-methyl/N-ethyl adjacent to an activating group) is 1. The lowest BCUT2D eigenvalue weighted by atomic mass is 9.98. The van der Waals surface area contributed by atoms with Crippen molar-refractivity contribution in [3.8, 4) is 0 Å². The molecule has 20 heavy (non-hydrogen) atoms. The lowest BCUT2D eigenvalue weighted by Crippen LogP contribution is -2.34. The van der Waals surface area contributed by atoms with Gasteiger partial charge in [0.05, 0.1) is 12.5 Å². The third-order valence-electron chi connectivity index (χ3n) is 3.13. The first-order valence-electron chi connectivity index (χ1n) is 6.34. The third-order valence-corrected chi connectivity index (χ3v) is 4.81. The predicted molar refractivity (Wildman–Crippen MR) is 86.7 cm³/mol. The summed E-state index contributed by atoms with van der Waals surface area (Å²) in [6, 6.07) is 11.7. The number of nitrogens with zero attached hydrogens (tertiary/aromatic N) is 1. The van der Waals surface area contributed by atoms with E-state index in [0.29, 0.717) is 13.1 Å². The fourth-order valence-corrected chi connectivity index (χ4v) is 3.58. The summed E-state index contributed by atoms with van der Waals surface area (Å²) in [6.45, 7) is 0.930. The first-order valence-corrected chi connectivity index (χ1v) is 8.02. The monoisotopic (exact) mass is 352 g/mol. The highest BCUT2D eigenvalue weighted by molar-refractivity contribution is 9.10. The molecule has 1 amide bonds. The summed E-state index contributed by atoms with van der Waals surface area (Å²) >= 11 is 5.06. The van der Waals surface area contributed by atoms with Crippen molar-refractivity contribution < 1.29 is 4.79 Å². The summed E-state index contributed by atoms with van der Waals surface area (Å²) in [4.78, 5) is 15.4. The fourth-order valence-electron chi connectivity index (χ4n) is 2.08. The molecule has 0 aliphatic heterocycles. The van der Waals surface area contributed by atoms with Crippen molar-refractivity contribution in [1.82, 2.24) is 4.90 Å². The minimum atomic E-state index is -0.274. The van der Waals surface area contributed by atoms with Gasteiger partial charge in [0.25, 0.3) is 0 Å². The second-order valence-electron chi connectivity index (χ2n) is 4.62. The van der Waals surface area contributed by atoms with Gasteiger partial charge in [0, 0.05) is 28.3 Å². The zero-order valence-electron chi connectivity index (χ0n) is 11.3. The predicted octanol–water partition coefficient (Wildman–Crippen LogP) is 3.21. The Morgan fingerprint density at radius 2 is 2.10 bits per heavy atom. The van der Waals surface area contributed by atoms with Crippen molar-refractivity contribution in [2.45, 2.75) is 12.5 Å². The van der Waals surface area contributed by atoms with E-state index < -0.39 is 0 Å². The summed E-state index contributed by atoms with van der Waals surface area (Å²) in [5, 5.41) is 2.02. The van der Waals surface area contributed by atoms with E-state index in [9.17, 15) is 4.79 Å². The van der Waals surface area contributed by atoms with E-state index in [1.807, 2.05) is 48.8 Å². The van der Waals surface area contributed by atoms with Gasteiger partial charge in [0.1, 0.15) is 0 Å². The average Bonchev–Trinajstić information content (AvgIpc) is 2.86. The van der Waals surface area contributed by atoms with Gasteiger partial charge in [-0.25, -0.2) is 0 Å². The molecule has 0 spiro atoms. The van der Waals surface area contributed by atoms with Crippen LogP contribution in [0.2, 0.25) is 0 Å². The van der Waals surface area contributed by atoms with Crippen LogP contribution in [0, 0.1) is 0 Å². The SMILES string of the molecule is CN(Cc1cc(Br)cs1)C(=O)C(CN)c1ccccc1. The van der Waals surface area contributed by atoms with E-state index in [2.05, 4.69) is 15.9 Å².